The maximum Gasteiger partial charge on any atom is 0.240 e. The Morgan fingerprint density at radius 1 is 0.889 bits per heavy atom. The second kappa shape index (κ2) is 10.4. The van der Waals surface area contributed by atoms with Crippen molar-refractivity contribution in [2.75, 3.05) is 34.5 Å². The summed E-state index contributed by atoms with van der Waals surface area (Å²) in [4.78, 5) is 0.197. The lowest BCUT2D eigenvalue weighted by Gasteiger charge is -2.13. The van der Waals surface area contributed by atoms with Gasteiger partial charge in [-0.3, -0.25) is 0 Å². The van der Waals surface area contributed by atoms with Gasteiger partial charge in [-0.05, 0) is 55.3 Å². The van der Waals surface area contributed by atoms with Crippen LogP contribution in [0.1, 0.15) is 11.1 Å². The van der Waals surface area contributed by atoms with Gasteiger partial charge in [-0.15, -0.1) is 15.3 Å². The van der Waals surface area contributed by atoms with Gasteiger partial charge in [-0.2, -0.15) is 4.52 Å². The number of ether oxygens (including phenoxy) is 4. The summed E-state index contributed by atoms with van der Waals surface area (Å²) in [6, 6.07) is 12.0. The summed E-state index contributed by atoms with van der Waals surface area (Å²) in [6.07, 6.45) is 0. The van der Waals surface area contributed by atoms with E-state index in [4.69, 9.17) is 18.9 Å². The maximum atomic E-state index is 12.8. The van der Waals surface area contributed by atoms with Gasteiger partial charge in [0.1, 0.15) is 23.9 Å². The molecule has 4 aromatic rings. The highest BCUT2D eigenvalue weighted by Crippen LogP contribution is 2.32. The molecule has 0 aliphatic carbocycles. The van der Waals surface area contributed by atoms with Gasteiger partial charge in [0.25, 0.3) is 0 Å². The number of hydrogen-bond donors (Lipinski definition) is 1. The van der Waals surface area contributed by atoms with Crippen LogP contribution in [0.2, 0.25) is 0 Å². The molecule has 4 rings (SSSR count). The van der Waals surface area contributed by atoms with Crippen molar-refractivity contribution >= 4 is 15.7 Å². The van der Waals surface area contributed by atoms with E-state index in [0.29, 0.717) is 39.8 Å². The molecule has 0 aliphatic heterocycles. The van der Waals surface area contributed by atoms with Gasteiger partial charge in [-0.1, -0.05) is 0 Å². The van der Waals surface area contributed by atoms with E-state index in [1.807, 2.05) is 0 Å². The Balaban J connectivity index is 1.47. The van der Waals surface area contributed by atoms with Crippen molar-refractivity contribution in [1.82, 2.24) is 24.5 Å². The van der Waals surface area contributed by atoms with Crippen LogP contribution in [-0.2, 0) is 10.0 Å². The van der Waals surface area contributed by atoms with E-state index in [-0.39, 0.29) is 23.9 Å². The van der Waals surface area contributed by atoms with Crippen LogP contribution < -0.4 is 23.7 Å². The summed E-state index contributed by atoms with van der Waals surface area (Å²) >= 11 is 0. The third-order valence-electron chi connectivity index (χ3n) is 5.51. The van der Waals surface area contributed by atoms with Crippen LogP contribution in [0.4, 0.5) is 0 Å². The van der Waals surface area contributed by atoms with Gasteiger partial charge in [0.2, 0.25) is 15.9 Å². The molecule has 0 saturated carbocycles. The lowest BCUT2D eigenvalue weighted by atomic mass is 10.1. The monoisotopic (exact) mass is 513 g/mol. The molecule has 0 unspecified atom stereocenters. The molecule has 0 amide bonds. The van der Waals surface area contributed by atoms with E-state index in [1.165, 1.54) is 4.52 Å². The predicted octanol–water partition coefficient (Wildman–Crippen LogP) is 2.79. The molecular weight excluding hydrogens is 486 g/mol. The Hall–Kier alpha value is -3.90. The van der Waals surface area contributed by atoms with Crippen molar-refractivity contribution in [2.24, 2.45) is 0 Å². The summed E-state index contributed by atoms with van der Waals surface area (Å²) in [6.45, 7) is 3.63. The molecule has 0 fully saturated rings. The van der Waals surface area contributed by atoms with E-state index < -0.39 is 10.0 Å². The molecule has 2 heterocycles. The number of benzene rings is 2. The molecule has 36 heavy (non-hydrogen) atoms. The minimum absolute atomic E-state index is 0.0495. The zero-order valence-corrected chi connectivity index (χ0v) is 21.4. The van der Waals surface area contributed by atoms with Crippen molar-refractivity contribution in [3.8, 4) is 34.5 Å². The fraction of sp³-hybridized carbons (Fsp3) is 0.292. The maximum absolute atomic E-state index is 12.8. The smallest absolute Gasteiger partial charge is 0.240 e. The lowest BCUT2D eigenvalue weighted by molar-refractivity contribution is 0.306. The molecule has 2 aromatic carbocycles. The Labute approximate surface area is 209 Å². The minimum Gasteiger partial charge on any atom is -0.497 e. The first-order valence-corrected chi connectivity index (χ1v) is 12.5. The van der Waals surface area contributed by atoms with E-state index >= 15 is 0 Å². The standard InChI is InChI=1S/C24H27N5O6S/c1-15-13-21(16(2)12-19(15)33-4)36(30,31)25-10-11-35-23-9-8-22-26-27-24(29(22)28-23)18-7-6-17(32-3)14-20(18)34-5/h6-9,12-14,25H,10-11H2,1-5H3. The normalized spacial score (nSPS) is 11.5. The molecule has 0 aliphatic rings. The fourth-order valence-electron chi connectivity index (χ4n) is 3.68. The lowest BCUT2D eigenvalue weighted by Crippen LogP contribution is -2.29. The van der Waals surface area contributed by atoms with Gasteiger partial charge in [0, 0.05) is 18.7 Å². The predicted molar refractivity (Wildman–Crippen MR) is 132 cm³/mol. The number of rotatable bonds is 10. The summed E-state index contributed by atoms with van der Waals surface area (Å²) in [7, 11) is 0.948. The number of hydrogen-bond acceptors (Lipinski definition) is 9. The van der Waals surface area contributed by atoms with E-state index in [9.17, 15) is 8.42 Å². The summed E-state index contributed by atoms with van der Waals surface area (Å²) < 4.78 is 51.4. The molecule has 0 spiro atoms. The zero-order chi connectivity index (χ0) is 25.9. The van der Waals surface area contributed by atoms with Gasteiger partial charge in [0.15, 0.2) is 11.5 Å². The third kappa shape index (κ3) is 5.04. The second-order valence-corrected chi connectivity index (χ2v) is 9.60. The van der Waals surface area contributed by atoms with Gasteiger partial charge >= 0.3 is 0 Å². The van der Waals surface area contributed by atoms with Gasteiger partial charge in [-0.25, -0.2) is 13.1 Å². The number of methoxy groups -OCH3 is 3. The quantitative estimate of drug-likeness (QED) is 0.319. The number of aryl methyl sites for hydroxylation is 2. The largest absolute Gasteiger partial charge is 0.497 e. The fourth-order valence-corrected chi connectivity index (χ4v) is 5.00. The Bertz CT molecular complexity index is 1500. The zero-order valence-electron chi connectivity index (χ0n) is 20.6. The second-order valence-electron chi connectivity index (χ2n) is 7.86. The first-order chi connectivity index (χ1) is 17.3. The molecular formula is C24H27N5O6S. The molecule has 190 valence electrons. The Kier molecular flexibility index (Phi) is 7.27. The van der Waals surface area contributed by atoms with Crippen LogP contribution in [0.25, 0.3) is 17.0 Å². The Morgan fingerprint density at radius 2 is 1.67 bits per heavy atom. The number of aromatic nitrogens is 4. The third-order valence-corrected chi connectivity index (χ3v) is 7.12. The first kappa shape index (κ1) is 25.2. The first-order valence-electron chi connectivity index (χ1n) is 11.0. The van der Waals surface area contributed by atoms with Crippen LogP contribution in [0.15, 0.2) is 47.4 Å². The highest BCUT2D eigenvalue weighted by Gasteiger charge is 2.19. The van der Waals surface area contributed by atoms with E-state index in [1.54, 1.807) is 77.6 Å². The van der Waals surface area contributed by atoms with Crippen LogP contribution in [0.5, 0.6) is 23.1 Å². The molecule has 2 aromatic heterocycles. The molecule has 0 atom stereocenters. The number of nitrogens with zero attached hydrogens (tertiary/aromatic N) is 4. The molecule has 11 nitrogen and oxygen atoms in total. The van der Waals surface area contributed by atoms with E-state index in [2.05, 4.69) is 20.0 Å². The van der Waals surface area contributed by atoms with Crippen LogP contribution in [-0.4, -0.2) is 62.7 Å². The summed E-state index contributed by atoms with van der Waals surface area (Å²) in [5.74, 6) is 2.57. The SMILES string of the molecule is COc1ccc(-c2nnc3ccc(OCCNS(=O)(=O)c4cc(C)c(OC)cc4C)nn23)c(OC)c1. The van der Waals surface area contributed by atoms with Crippen molar-refractivity contribution in [1.29, 1.82) is 0 Å². The highest BCUT2D eigenvalue weighted by molar-refractivity contribution is 7.89. The number of fused-ring (bicyclic) bond motifs is 1. The van der Waals surface area contributed by atoms with Crippen LogP contribution in [0.3, 0.4) is 0 Å². The number of sulfonamides is 1. The molecule has 1 N–H and O–H groups in total. The summed E-state index contributed by atoms with van der Waals surface area (Å²) in [5.41, 5.74) is 2.51. The molecule has 0 saturated heterocycles. The van der Waals surface area contributed by atoms with Gasteiger partial charge in [0.05, 0.1) is 31.8 Å². The molecule has 0 radical (unpaired) electrons. The minimum atomic E-state index is -3.73. The van der Waals surface area contributed by atoms with Crippen molar-refractivity contribution < 1.29 is 27.4 Å². The highest BCUT2D eigenvalue weighted by atomic mass is 32.2. The van der Waals surface area contributed by atoms with Crippen LogP contribution >= 0.6 is 0 Å². The van der Waals surface area contributed by atoms with Crippen LogP contribution in [0, 0.1) is 13.8 Å². The number of nitrogens with one attached hydrogen (secondary N) is 1. The average molecular weight is 514 g/mol. The Morgan fingerprint density at radius 3 is 2.39 bits per heavy atom. The van der Waals surface area contributed by atoms with Gasteiger partial charge < -0.3 is 18.9 Å². The summed E-state index contributed by atoms with van der Waals surface area (Å²) in [5, 5.41) is 12.8. The van der Waals surface area contributed by atoms with E-state index in [0.717, 1.165) is 5.56 Å². The molecule has 0 bridgehead atoms. The molecule has 12 heteroatoms. The van der Waals surface area contributed by atoms with Crippen molar-refractivity contribution in [3.05, 3.63) is 53.6 Å². The topological polar surface area (TPSA) is 126 Å². The van der Waals surface area contributed by atoms with Crippen molar-refractivity contribution in [3.63, 3.8) is 0 Å². The average Bonchev–Trinajstić information content (AvgIpc) is 3.30. The van der Waals surface area contributed by atoms with Crippen molar-refractivity contribution in [2.45, 2.75) is 18.7 Å².